The SMILES string of the molecule is Cc1nn(C)c(C)c1C(=O)NCC1(N2CCOCC2)CCC1. The summed E-state index contributed by atoms with van der Waals surface area (Å²) in [4.78, 5) is 15.1. The summed E-state index contributed by atoms with van der Waals surface area (Å²) < 4.78 is 7.22. The molecule has 1 saturated carbocycles. The molecule has 1 amide bonds. The number of aromatic nitrogens is 2. The predicted octanol–water partition coefficient (Wildman–Crippen LogP) is 1.02. The zero-order valence-corrected chi connectivity index (χ0v) is 13.8. The van der Waals surface area contributed by atoms with Gasteiger partial charge in [0, 0.05) is 37.9 Å². The van der Waals surface area contributed by atoms with Crippen LogP contribution in [0.15, 0.2) is 0 Å². The van der Waals surface area contributed by atoms with Crippen LogP contribution in [0.2, 0.25) is 0 Å². The molecular weight excluding hydrogens is 280 g/mol. The average Bonchev–Trinajstić information content (AvgIpc) is 2.72. The van der Waals surface area contributed by atoms with Crippen LogP contribution in [0.5, 0.6) is 0 Å². The molecule has 3 rings (SSSR count). The van der Waals surface area contributed by atoms with Gasteiger partial charge in [-0.1, -0.05) is 0 Å². The Bertz CT molecular complexity index is 557. The second-order valence-corrected chi connectivity index (χ2v) is 6.53. The third kappa shape index (κ3) is 2.65. The van der Waals surface area contributed by atoms with Gasteiger partial charge in [0.2, 0.25) is 0 Å². The number of carbonyl (C=O) groups excluding carboxylic acids is 1. The maximum Gasteiger partial charge on any atom is 0.255 e. The number of nitrogens with zero attached hydrogens (tertiary/aromatic N) is 3. The first-order valence-electron chi connectivity index (χ1n) is 8.15. The molecule has 0 bridgehead atoms. The Labute approximate surface area is 131 Å². The van der Waals surface area contributed by atoms with Gasteiger partial charge in [-0.15, -0.1) is 0 Å². The van der Waals surface area contributed by atoms with Crippen molar-refractivity contribution in [3.05, 3.63) is 17.0 Å². The van der Waals surface area contributed by atoms with Gasteiger partial charge >= 0.3 is 0 Å². The second kappa shape index (κ2) is 6.01. The molecule has 0 aromatic carbocycles. The van der Waals surface area contributed by atoms with E-state index in [1.54, 1.807) is 4.68 Å². The zero-order valence-electron chi connectivity index (χ0n) is 13.8. The molecule has 2 fully saturated rings. The van der Waals surface area contributed by atoms with Gasteiger partial charge in [0.15, 0.2) is 0 Å². The average molecular weight is 306 g/mol. The van der Waals surface area contributed by atoms with Crippen LogP contribution in [0, 0.1) is 13.8 Å². The highest BCUT2D eigenvalue weighted by Gasteiger charge is 2.43. The summed E-state index contributed by atoms with van der Waals surface area (Å²) in [6, 6.07) is 0. The van der Waals surface area contributed by atoms with Crippen molar-refractivity contribution < 1.29 is 9.53 Å². The van der Waals surface area contributed by atoms with Crippen molar-refractivity contribution in [1.29, 1.82) is 0 Å². The molecule has 0 radical (unpaired) electrons. The highest BCUT2D eigenvalue weighted by atomic mass is 16.5. The molecule has 6 nitrogen and oxygen atoms in total. The number of amides is 1. The lowest BCUT2D eigenvalue weighted by Gasteiger charge is -2.51. The lowest BCUT2D eigenvalue weighted by Crippen LogP contribution is -2.62. The number of nitrogens with one attached hydrogen (secondary N) is 1. The van der Waals surface area contributed by atoms with Gasteiger partial charge in [-0.3, -0.25) is 14.4 Å². The molecule has 0 unspecified atom stereocenters. The Morgan fingerprint density at radius 1 is 1.32 bits per heavy atom. The van der Waals surface area contributed by atoms with E-state index in [4.69, 9.17) is 4.74 Å². The van der Waals surface area contributed by atoms with Crippen molar-refractivity contribution in [1.82, 2.24) is 20.0 Å². The number of morpholine rings is 1. The summed E-state index contributed by atoms with van der Waals surface area (Å²) in [5, 5.41) is 7.49. The normalized spacial score (nSPS) is 21.4. The van der Waals surface area contributed by atoms with E-state index in [2.05, 4.69) is 15.3 Å². The molecule has 0 spiro atoms. The maximum absolute atomic E-state index is 12.6. The Kier molecular flexibility index (Phi) is 4.23. The van der Waals surface area contributed by atoms with Crippen LogP contribution >= 0.6 is 0 Å². The highest BCUT2D eigenvalue weighted by Crippen LogP contribution is 2.37. The molecular formula is C16H26N4O2. The largest absolute Gasteiger partial charge is 0.379 e. The topological polar surface area (TPSA) is 59.4 Å². The first-order chi connectivity index (χ1) is 10.5. The Morgan fingerprint density at radius 3 is 2.50 bits per heavy atom. The van der Waals surface area contributed by atoms with Crippen LogP contribution in [-0.4, -0.2) is 59.0 Å². The summed E-state index contributed by atoms with van der Waals surface area (Å²) in [5.74, 6) is 0.00244. The van der Waals surface area contributed by atoms with Gasteiger partial charge in [-0.05, 0) is 33.1 Å². The number of hydrogen-bond acceptors (Lipinski definition) is 4. The van der Waals surface area contributed by atoms with Gasteiger partial charge in [0.1, 0.15) is 0 Å². The van der Waals surface area contributed by atoms with E-state index in [-0.39, 0.29) is 11.4 Å². The van der Waals surface area contributed by atoms with Crippen LogP contribution in [0.3, 0.4) is 0 Å². The standard InChI is InChI=1S/C16H26N4O2/c1-12-14(13(2)19(3)18-12)15(21)17-11-16(5-4-6-16)20-7-9-22-10-8-20/h4-11H2,1-3H3,(H,17,21). The molecule has 2 heterocycles. The van der Waals surface area contributed by atoms with E-state index in [1.807, 2.05) is 20.9 Å². The number of aryl methyl sites for hydroxylation is 2. The van der Waals surface area contributed by atoms with Crippen molar-refractivity contribution in [2.45, 2.75) is 38.6 Å². The van der Waals surface area contributed by atoms with Crippen molar-refractivity contribution >= 4 is 5.91 Å². The van der Waals surface area contributed by atoms with Gasteiger partial charge in [-0.25, -0.2) is 0 Å². The van der Waals surface area contributed by atoms with Crippen LogP contribution in [-0.2, 0) is 11.8 Å². The Morgan fingerprint density at radius 2 is 2.00 bits per heavy atom. The van der Waals surface area contributed by atoms with Gasteiger partial charge in [-0.2, -0.15) is 5.10 Å². The van der Waals surface area contributed by atoms with Crippen molar-refractivity contribution in [2.75, 3.05) is 32.8 Å². The number of carbonyl (C=O) groups is 1. The van der Waals surface area contributed by atoms with Crippen LogP contribution in [0.25, 0.3) is 0 Å². The Balaban J connectivity index is 1.66. The number of ether oxygens (including phenoxy) is 1. The minimum absolute atomic E-state index is 0.00244. The van der Waals surface area contributed by atoms with Crippen molar-refractivity contribution in [2.24, 2.45) is 7.05 Å². The van der Waals surface area contributed by atoms with Crippen molar-refractivity contribution in [3.63, 3.8) is 0 Å². The molecule has 1 aromatic rings. The first-order valence-corrected chi connectivity index (χ1v) is 8.15. The van der Waals surface area contributed by atoms with Crippen LogP contribution in [0.1, 0.15) is 41.0 Å². The van der Waals surface area contributed by atoms with E-state index >= 15 is 0 Å². The summed E-state index contributed by atoms with van der Waals surface area (Å²) >= 11 is 0. The molecule has 122 valence electrons. The van der Waals surface area contributed by atoms with E-state index in [0.29, 0.717) is 0 Å². The zero-order chi connectivity index (χ0) is 15.7. The van der Waals surface area contributed by atoms with E-state index in [1.165, 1.54) is 6.42 Å². The van der Waals surface area contributed by atoms with Crippen LogP contribution in [0.4, 0.5) is 0 Å². The quantitative estimate of drug-likeness (QED) is 0.902. The van der Waals surface area contributed by atoms with E-state index < -0.39 is 0 Å². The molecule has 1 saturated heterocycles. The number of rotatable bonds is 4. The third-order valence-electron chi connectivity index (χ3n) is 5.28. The Hall–Kier alpha value is -1.40. The second-order valence-electron chi connectivity index (χ2n) is 6.53. The molecule has 2 aliphatic rings. The van der Waals surface area contributed by atoms with Gasteiger partial charge < -0.3 is 10.1 Å². The minimum Gasteiger partial charge on any atom is -0.379 e. The fourth-order valence-corrected chi connectivity index (χ4v) is 3.66. The monoisotopic (exact) mass is 306 g/mol. The maximum atomic E-state index is 12.6. The summed E-state index contributed by atoms with van der Waals surface area (Å²) in [7, 11) is 1.88. The minimum atomic E-state index is 0.00244. The highest BCUT2D eigenvalue weighted by molar-refractivity contribution is 5.96. The van der Waals surface area contributed by atoms with Gasteiger partial charge in [0.05, 0.1) is 24.5 Å². The van der Waals surface area contributed by atoms with Crippen LogP contribution < -0.4 is 5.32 Å². The lowest BCUT2D eigenvalue weighted by molar-refractivity contribution is -0.0540. The summed E-state index contributed by atoms with van der Waals surface area (Å²) in [6.45, 7) is 8.10. The lowest BCUT2D eigenvalue weighted by atomic mass is 9.75. The van der Waals surface area contributed by atoms with Crippen molar-refractivity contribution in [3.8, 4) is 0 Å². The molecule has 1 aliphatic carbocycles. The fourth-order valence-electron chi connectivity index (χ4n) is 3.66. The predicted molar refractivity (Wildman–Crippen MR) is 84.0 cm³/mol. The van der Waals surface area contributed by atoms with E-state index in [0.717, 1.165) is 62.6 Å². The molecule has 22 heavy (non-hydrogen) atoms. The molecule has 0 atom stereocenters. The molecule has 1 N–H and O–H groups in total. The third-order valence-corrected chi connectivity index (χ3v) is 5.28. The number of hydrogen-bond donors (Lipinski definition) is 1. The summed E-state index contributed by atoms with van der Waals surface area (Å²) in [6.07, 6.45) is 3.58. The molecule has 1 aliphatic heterocycles. The van der Waals surface area contributed by atoms with E-state index in [9.17, 15) is 4.79 Å². The molecule has 1 aromatic heterocycles. The molecule has 6 heteroatoms. The smallest absolute Gasteiger partial charge is 0.255 e. The van der Waals surface area contributed by atoms with Gasteiger partial charge in [0.25, 0.3) is 5.91 Å². The first kappa shape index (κ1) is 15.5. The summed E-state index contributed by atoms with van der Waals surface area (Å²) in [5.41, 5.74) is 2.58. The fraction of sp³-hybridized carbons (Fsp3) is 0.750.